The van der Waals surface area contributed by atoms with E-state index in [0.29, 0.717) is 10.2 Å². The van der Waals surface area contributed by atoms with E-state index in [1.54, 1.807) is 0 Å². The van der Waals surface area contributed by atoms with Crippen LogP contribution in [0.15, 0.2) is 28.7 Å². The number of benzene rings is 1. The summed E-state index contributed by atoms with van der Waals surface area (Å²) in [5.41, 5.74) is 1.86. The van der Waals surface area contributed by atoms with Crippen molar-refractivity contribution >= 4 is 31.9 Å². The molecule has 0 heterocycles. The third-order valence-corrected chi connectivity index (χ3v) is 5.68. The Morgan fingerprint density at radius 2 is 1.67 bits per heavy atom. The molecule has 1 saturated carbocycles. The van der Waals surface area contributed by atoms with Gasteiger partial charge in [-0.05, 0) is 36.0 Å². The Labute approximate surface area is 109 Å². The van der Waals surface area contributed by atoms with E-state index < -0.39 is 0 Å². The molecule has 2 heteroatoms. The number of halogens is 2. The summed E-state index contributed by atoms with van der Waals surface area (Å²) in [6.45, 7) is 2.40. The zero-order chi connectivity index (χ0) is 10.9. The Morgan fingerprint density at radius 1 is 1.13 bits per heavy atom. The van der Waals surface area contributed by atoms with E-state index in [4.69, 9.17) is 0 Å². The fraction of sp³-hybridized carbons (Fsp3) is 0.538. The van der Waals surface area contributed by atoms with Gasteiger partial charge in [0.05, 0.1) is 0 Å². The summed E-state index contributed by atoms with van der Waals surface area (Å²) >= 11 is 7.35. The number of alkyl halides is 1. The summed E-state index contributed by atoms with van der Waals surface area (Å²) < 4.78 is 1.16. The molecule has 1 fully saturated rings. The second-order valence-corrected chi connectivity index (χ2v) is 6.61. The highest BCUT2D eigenvalue weighted by molar-refractivity contribution is 9.10. The minimum absolute atomic E-state index is 0.452. The molecule has 0 aromatic heterocycles. The Balaban J connectivity index is 2.19. The predicted molar refractivity (Wildman–Crippen MR) is 72.4 cm³/mol. The molecule has 0 radical (unpaired) electrons. The molecule has 1 aromatic carbocycles. The van der Waals surface area contributed by atoms with Gasteiger partial charge in [0.25, 0.3) is 0 Å². The molecule has 15 heavy (non-hydrogen) atoms. The van der Waals surface area contributed by atoms with Crippen molar-refractivity contribution in [2.45, 2.75) is 37.4 Å². The highest BCUT2D eigenvalue weighted by atomic mass is 79.9. The lowest BCUT2D eigenvalue weighted by atomic mass is 9.82. The quantitative estimate of drug-likeness (QED) is 0.631. The molecule has 1 aliphatic carbocycles. The lowest BCUT2D eigenvalue weighted by Gasteiger charge is -2.30. The molecule has 0 aliphatic heterocycles. The van der Waals surface area contributed by atoms with Gasteiger partial charge in [0.15, 0.2) is 0 Å². The molecular formula is C13H16Br2. The van der Waals surface area contributed by atoms with Crippen LogP contribution in [0.4, 0.5) is 0 Å². The number of hydrogen-bond acceptors (Lipinski definition) is 0. The minimum Gasteiger partial charge on any atom is -0.0833 e. The molecule has 2 rings (SSSR count). The minimum atomic E-state index is 0.452. The van der Waals surface area contributed by atoms with Crippen molar-refractivity contribution in [3.63, 3.8) is 0 Å². The molecule has 1 aliphatic rings. The second kappa shape index (κ2) is 4.58. The van der Waals surface area contributed by atoms with Gasteiger partial charge in [0, 0.05) is 9.30 Å². The Kier molecular flexibility index (Phi) is 3.56. The van der Waals surface area contributed by atoms with Crippen LogP contribution in [0.3, 0.4) is 0 Å². The lowest BCUT2D eigenvalue weighted by Crippen LogP contribution is -2.17. The first-order valence-corrected chi connectivity index (χ1v) is 7.22. The fourth-order valence-electron chi connectivity index (χ4n) is 2.47. The largest absolute Gasteiger partial charge is 0.0833 e. The van der Waals surface area contributed by atoms with Gasteiger partial charge in [-0.15, -0.1) is 0 Å². The zero-order valence-corrected chi connectivity index (χ0v) is 12.1. The SMILES string of the molecule is CC1(C(Br)c2ccc(Br)cc2)CCCC1. The summed E-state index contributed by atoms with van der Waals surface area (Å²) in [4.78, 5) is 0.501. The monoisotopic (exact) mass is 330 g/mol. The summed E-state index contributed by atoms with van der Waals surface area (Å²) in [6.07, 6.45) is 5.46. The molecule has 0 bridgehead atoms. The molecule has 1 aromatic rings. The average molecular weight is 332 g/mol. The standard InChI is InChI=1S/C13H16Br2/c1-13(8-2-3-9-13)12(15)10-4-6-11(14)7-5-10/h4-7,12H,2-3,8-9H2,1H3. The summed E-state index contributed by atoms with van der Waals surface area (Å²) in [7, 11) is 0. The maximum atomic E-state index is 3.88. The van der Waals surface area contributed by atoms with E-state index in [9.17, 15) is 0 Å². The van der Waals surface area contributed by atoms with Crippen LogP contribution in [0.25, 0.3) is 0 Å². The van der Waals surface area contributed by atoms with E-state index in [1.165, 1.54) is 31.2 Å². The van der Waals surface area contributed by atoms with Gasteiger partial charge in [-0.3, -0.25) is 0 Å². The first-order valence-electron chi connectivity index (χ1n) is 5.51. The van der Waals surface area contributed by atoms with Gasteiger partial charge in [-0.1, -0.05) is 63.8 Å². The number of rotatable bonds is 2. The van der Waals surface area contributed by atoms with Crippen LogP contribution >= 0.6 is 31.9 Å². The third kappa shape index (κ3) is 2.47. The van der Waals surface area contributed by atoms with Crippen LogP contribution in [0, 0.1) is 5.41 Å². The molecule has 0 amide bonds. The van der Waals surface area contributed by atoms with Gasteiger partial charge >= 0.3 is 0 Å². The Hall–Kier alpha value is 0.180. The van der Waals surface area contributed by atoms with Crippen LogP contribution in [-0.2, 0) is 0 Å². The molecule has 0 saturated heterocycles. The summed E-state index contributed by atoms with van der Waals surface area (Å²) in [6, 6.07) is 8.68. The zero-order valence-electron chi connectivity index (χ0n) is 8.97. The maximum Gasteiger partial charge on any atom is 0.0448 e. The Bertz CT molecular complexity index is 323. The topological polar surface area (TPSA) is 0 Å². The highest BCUT2D eigenvalue weighted by Gasteiger charge is 2.36. The Morgan fingerprint density at radius 3 is 2.20 bits per heavy atom. The van der Waals surface area contributed by atoms with Crippen molar-refractivity contribution < 1.29 is 0 Å². The van der Waals surface area contributed by atoms with E-state index in [-0.39, 0.29) is 0 Å². The van der Waals surface area contributed by atoms with Crippen LogP contribution < -0.4 is 0 Å². The van der Waals surface area contributed by atoms with E-state index in [1.807, 2.05) is 0 Å². The van der Waals surface area contributed by atoms with E-state index in [0.717, 1.165) is 4.47 Å². The van der Waals surface area contributed by atoms with Gasteiger partial charge < -0.3 is 0 Å². The van der Waals surface area contributed by atoms with Gasteiger partial charge in [0.2, 0.25) is 0 Å². The van der Waals surface area contributed by atoms with Crippen molar-refractivity contribution in [2.75, 3.05) is 0 Å². The molecule has 82 valence electrons. The van der Waals surface area contributed by atoms with Crippen molar-refractivity contribution in [3.05, 3.63) is 34.3 Å². The predicted octanol–water partition coefficient (Wildman–Crippen LogP) is 5.47. The van der Waals surface area contributed by atoms with Crippen LogP contribution in [0.5, 0.6) is 0 Å². The van der Waals surface area contributed by atoms with Crippen molar-refractivity contribution in [1.82, 2.24) is 0 Å². The summed E-state index contributed by atoms with van der Waals surface area (Å²) in [5, 5.41) is 0. The van der Waals surface area contributed by atoms with E-state index in [2.05, 4.69) is 63.0 Å². The second-order valence-electron chi connectivity index (χ2n) is 4.78. The fourth-order valence-corrected chi connectivity index (χ4v) is 3.50. The van der Waals surface area contributed by atoms with Crippen molar-refractivity contribution in [3.8, 4) is 0 Å². The smallest absolute Gasteiger partial charge is 0.0448 e. The third-order valence-electron chi connectivity index (χ3n) is 3.52. The molecule has 0 nitrogen and oxygen atoms in total. The number of hydrogen-bond donors (Lipinski definition) is 0. The van der Waals surface area contributed by atoms with Crippen LogP contribution in [-0.4, -0.2) is 0 Å². The maximum absolute atomic E-state index is 3.88. The van der Waals surface area contributed by atoms with Gasteiger partial charge in [-0.25, -0.2) is 0 Å². The van der Waals surface area contributed by atoms with Gasteiger partial charge in [-0.2, -0.15) is 0 Å². The van der Waals surface area contributed by atoms with Crippen LogP contribution in [0.2, 0.25) is 0 Å². The lowest BCUT2D eigenvalue weighted by molar-refractivity contribution is 0.331. The first-order chi connectivity index (χ1) is 7.12. The molecule has 1 atom stereocenters. The first kappa shape index (κ1) is 11.7. The molecular weight excluding hydrogens is 316 g/mol. The van der Waals surface area contributed by atoms with Crippen LogP contribution in [0.1, 0.15) is 43.0 Å². The van der Waals surface area contributed by atoms with Gasteiger partial charge in [0.1, 0.15) is 0 Å². The normalized spacial score (nSPS) is 21.5. The average Bonchev–Trinajstić information content (AvgIpc) is 2.67. The summed E-state index contributed by atoms with van der Waals surface area (Å²) in [5.74, 6) is 0. The van der Waals surface area contributed by atoms with E-state index >= 15 is 0 Å². The van der Waals surface area contributed by atoms with Crippen molar-refractivity contribution in [2.24, 2.45) is 5.41 Å². The molecule has 0 spiro atoms. The molecule has 0 N–H and O–H groups in total. The molecule has 1 unspecified atom stereocenters. The van der Waals surface area contributed by atoms with Crippen molar-refractivity contribution in [1.29, 1.82) is 0 Å². The highest BCUT2D eigenvalue weighted by Crippen LogP contribution is 2.51.